The van der Waals surface area contributed by atoms with Gasteiger partial charge in [0.15, 0.2) is 0 Å². The Bertz CT molecular complexity index is 1360. The van der Waals surface area contributed by atoms with Crippen LogP contribution in [0.3, 0.4) is 0 Å². The van der Waals surface area contributed by atoms with Crippen LogP contribution in [0.25, 0.3) is 0 Å². The van der Waals surface area contributed by atoms with Crippen molar-refractivity contribution < 1.29 is 43.3 Å². The van der Waals surface area contributed by atoms with Crippen molar-refractivity contribution in [3.8, 4) is 0 Å². The van der Waals surface area contributed by atoms with E-state index in [9.17, 15) is 29.1 Å². The summed E-state index contributed by atoms with van der Waals surface area (Å²) in [7, 11) is 0. The second kappa shape index (κ2) is 13.0. The molecule has 0 saturated heterocycles. The van der Waals surface area contributed by atoms with Gasteiger partial charge in [0.2, 0.25) is 12.2 Å². The van der Waals surface area contributed by atoms with Gasteiger partial charge in [-0.05, 0) is 63.2 Å². The van der Waals surface area contributed by atoms with Crippen LogP contribution in [0.15, 0.2) is 72.8 Å². The normalized spacial score (nSPS) is 12.0. The summed E-state index contributed by atoms with van der Waals surface area (Å²) in [5.74, 6) is -5.48. The van der Waals surface area contributed by atoms with Crippen molar-refractivity contribution in [3.63, 3.8) is 0 Å². The van der Waals surface area contributed by atoms with E-state index >= 15 is 0 Å². The minimum atomic E-state index is -2.19. The zero-order valence-corrected chi connectivity index (χ0v) is 21.5. The molecule has 0 saturated carbocycles. The number of hydrogen-bond acceptors (Lipinski definition) is 8. The van der Waals surface area contributed by atoms with Gasteiger partial charge in [-0.15, -0.1) is 0 Å². The molecule has 1 amide bonds. The highest BCUT2D eigenvalue weighted by atomic mass is 16.6. The maximum atomic E-state index is 13.3. The number of aliphatic carboxylic acids is 1. The number of nitrogens with one attached hydrogen (secondary N) is 1. The summed E-state index contributed by atoms with van der Waals surface area (Å²) in [6.07, 6.45) is -4.28. The van der Waals surface area contributed by atoms with E-state index in [0.29, 0.717) is 0 Å². The molecular formula is C29H27NO9. The van der Waals surface area contributed by atoms with Gasteiger partial charge in [0.05, 0.1) is 23.3 Å². The lowest BCUT2D eigenvalue weighted by molar-refractivity contribution is -0.157. The topological polar surface area (TPSA) is 145 Å². The molecule has 10 heteroatoms. The SMILES string of the molecule is CCOC(=O)c1cccc(NC(=O)[C@H](OC(=O)c2ccc(C)cc2)[C@@H](OC(=O)c2ccc(C)cc2)C(=O)O)c1. The first-order valence-electron chi connectivity index (χ1n) is 11.9. The van der Waals surface area contributed by atoms with Crippen molar-refractivity contribution in [2.24, 2.45) is 0 Å². The monoisotopic (exact) mass is 533 g/mol. The van der Waals surface area contributed by atoms with Crippen LogP contribution >= 0.6 is 0 Å². The fourth-order valence-electron chi connectivity index (χ4n) is 3.39. The van der Waals surface area contributed by atoms with Crippen LogP contribution in [0.5, 0.6) is 0 Å². The largest absolute Gasteiger partial charge is 0.478 e. The zero-order chi connectivity index (χ0) is 28.5. The second-order valence-corrected chi connectivity index (χ2v) is 8.51. The Balaban J connectivity index is 1.92. The number of benzene rings is 3. The smallest absolute Gasteiger partial charge is 0.349 e. The van der Waals surface area contributed by atoms with Gasteiger partial charge in [0.25, 0.3) is 5.91 Å². The van der Waals surface area contributed by atoms with Gasteiger partial charge in [0, 0.05) is 5.69 Å². The van der Waals surface area contributed by atoms with Crippen molar-refractivity contribution in [1.29, 1.82) is 0 Å². The van der Waals surface area contributed by atoms with Gasteiger partial charge in [-0.25, -0.2) is 19.2 Å². The number of ether oxygens (including phenoxy) is 3. The van der Waals surface area contributed by atoms with Gasteiger partial charge in [-0.3, -0.25) is 4.79 Å². The van der Waals surface area contributed by atoms with Gasteiger partial charge in [-0.2, -0.15) is 0 Å². The summed E-state index contributed by atoms with van der Waals surface area (Å²) < 4.78 is 15.4. The fourth-order valence-corrected chi connectivity index (χ4v) is 3.39. The van der Waals surface area contributed by atoms with Crippen molar-refractivity contribution in [2.75, 3.05) is 11.9 Å². The average molecular weight is 534 g/mol. The molecule has 0 radical (unpaired) electrons. The van der Waals surface area contributed by atoms with Crippen LogP contribution in [-0.4, -0.2) is 53.7 Å². The quantitative estimate of drug-likeness (QED) is 0.292. The maximum Gasteiger partial charge on any atom is 0.349 e. The molecule has 0 heterocycles. The number of anilines is 1. The Morgan fingerprint density at radius 1 is 0.718 bits per heavy atom. The van der Waals surface area contributed by atoms with Crippen molar-refractivity contribution in [1.82, 2.24) is 0 Å². The standard InChI is InChI=1S/C29H27NO9/c1-4-37-27(34)21-6-5-7-22(16-21)30-25(31)23(38-28(35)19-12-8-17(2)9-13-19)24(26(32)33)39-29(36)20-14-10-18(3)11-15-20/h5-16,23-24H,4H2,1-3H3,(H,30,31)(H,32,33)/t23-,24-/m1/s1. The molecule has 0 aliphatic heterocycles. The highest BCUT2D eigenvalue weighted by Crippen LogP contribution is 2.18. The zero-order valence-electron chi connectivity index (χ0n) is 21.5. The van der Waals surface area contributed by atoms with E-state index in [-0.39, 0.29) is 29.0 Å². The molecule has 3 aromatic rings. The van der Waals surface area contributed by atoms with Crippen molar-refractivity contribution in [2.45, 2.75) is 33.0 Å². The molecule has 10 nitrogen and oxygen atoms in total. The molecule has 0 aliphatic carbocycles. The first-order chi connectivity index (χ1) is 18.6. The number of esters is 3. The third kappa shape index (κ3) is 7.75. The number of amides is 1. The van der Waals surface area contributed by atoms with Crippen molar-refractivity contribution >= 4 is 35.5 Å². The third-order valence-corrected chi connectivity index (χ3v) is 5.46. The highest BCUT2D eigenvalue weighted by Gasteiger charge is 2.41. The fraction of sp³-hybridized carbons (Fsp3) is 0.207. The molecule has 3 aromatic carbocycles. The van der Waals surface area contributed by atoms with Crippen LogP contribution < -0.4 is 5.32 Å². The molecule has 0 spiro atoms. The van der Waals surface area contributed by atoms with E-state index in [1.165, 1.54) is 48.5 Å². The van der Waals surface area contributed by atoms with Gasteiger partial charge in [-0.1, -0.05) is 41.5 Å². The lowest BCUT2D eigenvalue weighted by atomic mass is 10.1. The summed E-state index contributed by atoms with van der Waals surface area (Å²) in [6.45, 7) is 5.39. The van der Waals surface area contributed by atoms with E-state index < -0.39 is 42.0 Å². The molecule has 2 N–H and O–H groups in total. The van der Waals surface area contributed by atoms with E-state index in [1.807, 2.05) is 0 Å². The molecule has 39 heavy (non-hydrogen) atoms. The van der Waals surface area contributed by atoms with Crippen LogP contribution in [0, 0.1) is 13.8 Å². The van der Waals surface area contributed by atoms with E-state index in [4.69, 9.17) is 14.2 Å². The summed E-state index contributed by atoms with van der Waals surface area (Å²) in [4.78, 5) is 63.1. The van der Waals surface area contributed by atoms with E-state index in [0.717, 1.165) is 11.1 Å². The van der Waals surface area contributed by atoms with E-state index in [1.54, 1.807) is 45.0 Å². The highest BCUT2D eigenvalue weighted by molar-refractivity contribution is 6.02. The summed E-state index contributed by atoms with van der Waals surface area (Å²) in [5, 5.41) is 12.3. The molecule has 2 atom stereocenters. The number of carboxylic acids is 1. The molecule has 202 valence electrons. The van der Waals surface area contributed by atoms with Crippen LogP contribution in [-0.2, 0) is 23.8 Å². The first-order valence-corrected chi connectivity index (χ1v) is 11.9. The Morgan fingerprint density at radius 3 is 1.72 bits per heavy atom. The molecule has 3 rings (SSSR count). The number of carboxylic acid groups (broad SMARTS) is 1. The minimum absolute atomic E-state index is 0.0398. The Morgan fingerprint density at radius 2 is 1.23 bits per heavy atom. The average Bonchev–Trinajstić information content (AvgIpc) is 2.91. The molecule has 0 fully saturated rings. The number of hydrogen-bond donors (Lipinski definition) is 2. The predicted molar refractivity (Wildman–Crippen MR) is 139 cm³/mol. The summed E-state index contributed by atoms with van der Waals surface area (Å²) in [6, 6.07) is 18.0. The van der Waals surface area contributed by atoms with E-state index in [2.05, 4.69) is 5.32 Å². The lowest BCUT2D eigenvalue weighted by Gasteiger charge is -2.23. The van der Waals surface area contributed by atoms with Gasteiger partial charge >= 0.3 is 23.9 Å². The van der Waals surface area contributed by atoms with Crippen LogP contribution in [0.2, 0.25) is 0 Å². The summed E-state index contributed by atoms with van der Waals surface area (Å²) >= 11 is 0. The molecule has 0 aromatic heterocycles. The maximum absolute atomic E-state index is 13.3. The number of rotatable bonds is 10. The first kappa shape index (κ1) is 28.6. The molecular weight excluding hydrogens is 506 g/mol. The van der Waals surface area contributed by atoms with Crippen LogP contribution in [0.1, 0.15) is 49.1 Å². The summed E-state index contributed by atoms with van der Waals surface area (Å²) in [5.41, 5.74) is 2.03. The number of carbonyl (C=O) groups is 5. The van der Waals surface area contributed by atoms with Crippen LogP contribution in [0.4, 0.5) is 5.69 Å². The lowest BCUT2D eigenvalue weighted by Crippen LogP contribution is -2.48. The molecule has 0 aliphatic rings. The predicted octanol–water partition coefficient (Wildman–Crippen LogP) is 3.95. The molecule has 0 bridgehead atoms. The number of carbonyl (C=O) groups excluding carboxylic acids is 4. The van der Waals surface area contributed by atoms with Crippen molar-refractivity contribution in [3.05, 3.63) is 101 Å². The minimum Gasteiger partial charge on any atom is -0.478 e. The Kier molecular flexibility index (Phi) is 9.53. The Hall–Kier alpha value is -4.99. The van der Waals surface area contributed by atoms with Gasteiger partial charge in [0.1, 0.15) is 0 Å². The third-order valence-electron chi connectivity index (χ3n) is 5.46. The number of aryl methyl sites for hydroxylation is 2. The Labute approximate surface area is 224 Å². The second-order valence-electron chi connectivity index (χ2n) is 8.51. The van der Waals surface area contributed by atoms with Gasteiger partial charge < -0.3 is 24.6 Å². The molecule has 0 unspecified atom stereocenters.